The number of hydrogen-bond donors (Lipinski definition) is 1. The molecular weight excluding hydrogens is 408 g/mol. The Kier molecular flexibility index (Phi) is 4.38. The van der Waals surface area contributed by atoms with Crippen molar-refractivity contribution in [2.75, 3.05) is 5.32 Å². The van der Waals surface area contributed by atoms with Gasteiger partial charge in [-0.3, -0.25) is 9.48 Å². The first-order chi connectivity index (χ1) is 12.8. The molecule has 0 unspecified atom stereocenters. The zero-order valence-electron chi connectivity index (χ0n) is 15.5. The van der Waals surface area contributed by atoms with Gasteiger partial charge in [-0.05, 0) is 57.9 Å². The summed E-state index contributed by atoms with van der Waals surface area (Å²) in [7, 11) is 0. The third-order valence-electron chi connectivity index (χ3n) is 4.48. The lowest BCUT2D eigenvalue weighted by Gasteiger charge is -2.18. The number of carbonyl (C=O) groups excluding carboxylic acids is 1. The van der Waals surface area contributed by atoms with Gasteiger partial charge in [-0.25, -0.2) is 4.68 Å². The Labute approximate surface area is 165 Å². The molecular formula is C19H21BrN6O. The molecule has 1 fully saturated rings. The van der Waals surface area contributed by atoms with Crippen molar-refractivity contribution in [1.82, 2.24) is 24.8 Å². The monoisotopic (exact) mass is 428 g/mol. The molecule has 1 aliphatic carbocycles. The maximum atomic E-state index is 12.9. The first-order valence-corrected chi connectivity index (χ1v) is 9.70. The largest absolute Gasteiger partial charge is 0.318 e. The molecule has 7 nitrogen and oxygen atoms in total. The van der Waals surface area contributed by atoms with Crippen molar-refractivity contribution in [2.24, 2.45) is 0 Å². The van der Waals surface area contributed by atoms with E-state index in [1.54, 1.807) is 10.9 Å². The average molecular weight is 429 g/mol. The molecule has 140 valence electrons. The fourth-order valence-electron chi connectivity index (χ4n) is 2.89. The van der Waals surface area contributed by atoms with Gasteiger partial charge in [0.15, 0.2) is 5.69 Å². The van der Waals surface area contributed by atoms with Crippen molar-refractivity contribution < 1.29 is 4.79 Å². The van der Waals surface area contributed by atoms with Crippen LogP contribution < -0.4 is 5.32 Å². The van der Waals surface area contributed by atoms with Crippen LogP contribution in [0.5, 0.6) is 0 Å². The van der Waals surface area contributed by atoms with E-state index < -0.39 is 0 Å². The number of anilines is 1. The van der Waals surface area contributed by atoms with Crippen LogP contribution in [0.2, 0.25) is 0 Å². The molecule has 1 saturated carbocycles. The minimum absolute atomic E-state index is 0.146. The fourth-order valence-corrected chi connectivity index (χ4v) is 3.16. The molecule has 0 bridgehead atoms. The van der Waals surface area contributed by atoms with Crippen molar-refractivity contribution in [3.05, 3.63) is 52.5 Å². The zero-order chi connectivity index (χ0) is 19.2. The lowest BCUT2D eigenvalue weighted by atomic mass is 10.1. The molecule has 0 aliphatic heterocycles. The van der Waals surface area contributed by atoms with E-state index in [1.807, 2.05) is 35.1 Å². The number of benzene rings is 1. The molecule has 0 atom stereocenters. The molecule has 0 saturated heterocycles. The Balaban J connectivity index is 1.63. The van der Waals surface area contributed by atoms with Gasteiger partial charge >= 0.3 is 0 Å². The molecule has 27 heavy (non-hydrogen) atoms. The van der Waals surface area contributed by atoms with E-state index in [-0.39, 0.29) is 11.4 Å². The van der Waals surface area contributed by atoms with Crippen LogP contribution in [0.3, 0.4) is 0 Å². The summed E-state index contributed by atoms with van der Waals surface area (Å²) in [6, 6.07) is 7.82. The molecule has 1 aromatic carbocycles. The number of halogens is 1. The van der Waals surface area contributed by atoms with Crippen LogP contribution in [-0.2, 0) is 5.54 Å². The van der Waals surface area contributed by atoms with Gasteiger partial charge in [-0.2, -0.15) is 5.10 Å². The third-order valence-corrected chi connectivity index (χ3v) is 5.01. The number of hydrogen-bond acceptors (Lipinski definition) is 4. The summed E-state index contributed by atoms with van der Waals surface area (Å²) >= 11 is 3.44. The van der Waals surface area contributed by atoms with Gasteiger partial charge in [0.05, 0.1) is 28.8 Å². The van der Waals surface area contributed by atoms with Crippen molar-refractivity contribution in [2.45, 2.75) is 45.1 Å². The summed E-state index contributed by atoms with van der Waals surface area (Å²) in [4.78, 5) is 12.9. The lowest BCUT2D eigenvalue weighted by Crippen LogP contribution is -2.22. The Morgan fingerprint density at radius 1 is 1.22 bits per heavy atom. The zero-order valence-corrected chi connectivity index (χ0v) is 17.1. The van der Waals surface area contributed by atoms with Gasteiger partial charge in [0, 0.05) is 16.6 Å². The molecule has 2 aromatic heterocycles. The van der Waals surface area contributed by atoms with E-state index in [0.717, 1.165) is 28.7 Å². The predicted octanol–water partition coefficient (Wildman–Crippen LogP) is 4.11. The number of nitrogens with zero attached hydrogens (tertiary/aromatic N) is 5. The average Bonchev–Trinajstić information content (AvgIpc) is 3.16. The number of aromatic nitrogens is 5. The molecule has 0 spiro atoms. The van der Waals surface area contributed by atoms with Gasteiger partial charge in [-0.1, -0.05) is 21.1 Å². The third kappa shape index (κ3) is 3.66. The molecule has 3 aromatic rings. The van der Waals surface area contributed by atoms with Crippen LogP contribution in [0.15, 0.2) is 41.1 Å². The Morgan fingerprint density at radius 2 is 1.93 bits per heavy atom. The minimum atomic E-state index is -0.256. The topological polar surface area (TPSA) is 77.6 Å². The van der Waals surface area contributed by atoms with Crippen molar-refractivity contribution in [3.8, 4) is 5.69 Å². The van der Waals surface area contributed by atoms with Crippen molar-refractivity contribution in [3.63, 3.8) is 0 Å². The summed E-state index contributed by atoms with van der Waals surface area (Å²) in [5, 5.41) is 15.7. The molecule has 8 heteroatoms. The molecule has 1 amide bonds. The van der Waals surface area contributed by atoms with E-state index in [2.05, 4.69) is 57.4 Å². The summed E-state index contributed by atoms with van der Waals surface area (Å²) in [5.41, 5.74) is 2.65. The highest BCUT2D eigenvalue weighted by atomic mass is 79.9. The maximum absolute atomic E-state index is 12.9. The Hall–Kier alpha value is -2.48. The van der Waals surface area contributed by atoms with E-state index in [0.29, 0.717) is 17.3 Å². The number of amides is 1. The summed E-state index contributed by atoms with van der Waals surface area (Å²) < 4.78 is 4.59. The van der Waals surface area contributed by atoms with E-state index in [9.17, 15) is 4.79 Å². The Bertz CT molecular complexity index is 979. The van der Waals surface area contributed by atoms with Crippen LogP contribution in [0.1, 0.15) is 55.7 Å². The van der Waals surface area contributed by atoms with E-state index >= 15 is 0 Å². The summed E-state index contributed by atoms with van der Waals surface area (Å²) in [6.45, 7) is 6.17. The number of rotatable bonds is 4. The van der Waals surface area contributed by atoms with Gasteiger partial charge in [0.2, 0.25) is 0 Å². The molecule has 0 radical (unpaired) electrons. The smallest absolute Gasteiger partial charge is 0.278 e. The van der Waals surface area contributed by atoms with Crippen LogP contribution >= 0.6 is 15.9 Å². The molecule has 2 heterocycles. The Morgan fingerprint density at radius 3 is 2.52 bits per heavy atom. The molecule has 1 N–H and O–H groups in total. The van der Waals surface area contributed by atoms with E-state index in [1.165, 1.54) is 0 Å². The second-order valence-corrected chi connectivity index (χ2v) is 8.70. The highest BCUT2D eigenvalue weighted by Crippen LogP contribution is 2.42. The van der Waals surface area contributed by atoms with E-state index in [4.69, 9.17) is 0 Å². The number of carbonyl (C=O) groups is 1. The molecule has 1 aliphatic rings. The maximum Gasteiger partial charge on any atom is 0.278 e. The second kappa shape index (κ2) is 6.60. The first-order valence-electron chi connectivity index (χ1n) is 8.91. The van der Waals surface area contributed by atoms with Crippen molar-refractivity contribution in [1.29, 1.82) is 0 Å². The number of nitrogens with one attached hydrogen (secondary N) is 1. The van der Waals surface area contributed by atoms with Crippen LogP contribution in [0, 0.1) is 0 Å². The normalized spacial score (nSPS) is 14.4. The standard InChI is InChI=1S/C19H21BrN6O/c1-19(2,3)25-11-14(10-21-25)22-18(27)16-17(12-4-5-12)26(24-23-16)15-8-6-13(20)7-9-15/h6-12H,4-5H2,1-3H3,(H,22,27). The quantitative estimate of drug-likeness (QED) is 0.677. The highest BCUT2D eigenvalue weighted by molar-refractivity contribution is 9.10. The van der Waals surface area contributed by atoms with Crippen LogP contribution in [0.4, 0.5) is 5.69 Å². The first kappa shape index (κ1) is 17.9. The predicted molar refractivity (Wildman–Crippen MR) is 106 cm³/mol. The van der Waals surface area contributed by atoms with Gasteiger partial charge in [0.25, 0.3) is 5.91 Å². The summed E-state index contributed by atoms with van der Waals surface area (Å²) in [5.74, 6) is 0.0652. The SMILES string of the molecule is CC(C)(C)n1cc(NC(=O)c2nnn(-c3ccc(Br)cc3)c2C2CC2)cn1. The fraction of sp³-hybridized carbons (Fsp3) is 0.368. The highest BCUT2D eigenvalue weighted by Gasteiger charge is 2.34. The van der Waals surface area contributed by atoms with Crippen LogP contribution in [-0.4, -0.2) is 30.7 Å². The van der Waals surface area contributed by atoms with Crippen molar-refractivity contribution >= 4 is 27.5 Å². The van der Waals surface area contributed by atoms with Gasteiger partial charge < -0.3 is 5.32 Å². The summed E-state index contributed by atoms with van der Waals surface area (Å²) in [6.07, 6.45) is 5.57. The minimum Gasteiger partial charge on any atom is -0.318 e. The molecule has 4 rings (SSSR count). The van der Waals surface area contributed by atoms with Gasteiger partial charge in [-0.15, -0.1) is 5.10 Å². The second-order valence-electron chi connectivity index (χ2n) is 7.78. The van der Waals surface area contributed by atoms with Crippen LogP contribution in [0.25, 0.3) is 5.69 Å². The van der Waals surface area contributed by atoms with Gasteiger partial charge in [0.1, 0.15) is 0 Å². The lowest BCUT2D eigenvalue weighted by molar-refractivity contribution is 0.102.